The van der Waals surface area contributed by atoms with E-state index in [1.165, 1.54) is 6.07 Å². The second-order valence-electron chi connectivity index (χ2n) is 4.22. The van der Waals surface area contributed by atoms with Gasteiger partial charge in [-0.05, 0) is 23.8 Å². The Kier molecular flexibility index (Phi) is 2.66. The van der Waals surface area contributed by atoms with E-state index in [0.29, 0.717) is 29.1 Å². The molecule has 0 saturated heterocycles. The summed E-state index contributed by atoms with van der Waals surface area (Å²) in [6, 6.07) is 2.28. The van der Waals surface area contributed by atoms with E-state index in [1.54, 1.807) is 6.20 Å². The smallest absolute Gasteiger partial charge is 0.177 e. The molecule has 2 aromatic rings. The fourth-order valence-corrected chi connectivity index (χ4v) is 2.44. The van der Waals surface area contributed by atoms with E-state index < -0.39 is 11.6 Å². The number of H-pyrrole nitrogens is 1. The van der Waals surface area contributed by atoms with Gasteiger partial charge in [0.1, 0.15) is 12.4 Å². The van der Waals surface area contributed by atoms with Crippen molar-refractivity contribution in [1.82, 2.24) is 9.55 Å². The number of hydrogen-bond acceptors (Lipinski definition) is 2. The van der Waals surface area contributed by atoms with Gasteiger partial charge in [-0.1, -0.05) is 0 Å². The Morgan fingerprint density at radius 2 is 2.11 bits per heavy atom. The number of aromatic nitrogens is 2. The molecule has 1 unspecified atom stereocenters. The van der Waals surface area contributed by atoms with Gasteiger partial charge in [0.25, 0.3) is 0 Å². The van der Waals surface area contributed by atoms with Crippen LogP contribution in [-0.2, 0) is 6.42 Å². The molecule has 18 heavy (non-hydrogen) atoms. The Morgan fingerprint density at radius 1 is 1.33 bits per heavy atom. The Bertz CT molecular complexity index is 650. The number of aromatic amines is 1. The van der Waals surface area contributed by atoms with Gasteiger partial charge in [0, 0.05) is 24.9 Å². The van der Waals surface area contributed by atoms with E-state index in [4.69, 9.17) is 17.0 Å². The van der Waals surface area contributed by atoms with Crippen LogP contribution in [-0.4, -0.2) is 16.2 Å². The zero-order valence-corrected chi connectivity index (χ0v) is 10.1. The molecule has 0 amide bonds. The largest absolute Gasteiger partial charge is 0.491 e. The van der Waals surface area contributed by atoms with Gasteiger partial charge in [-0.3, -0.25) is 0 Å². The second-order valence-corrected chi connectivity index (χ2v) is 4.60. The van der Waals surface area contributed by atoms with Crippen molar-refractivity contribution in [2.24, 2.45) is 0 Å². The molecule has 1 aromatic carbocycles. The van der Waals surface area contributed by atoms with Crippen molar-refractivity contribution in [1.29, 1.82) is 0 Å². The van der Waals surface area contributed by atoms with Gasteiger partial charge in [-0.25, -0.2) is 8.78 Å². The van der Waals surface area contributed by atoms with E-state index in [2.05, 4.69) is 4.98 Å². The molecule has 0 saturated carbocycles. The van der Waals surface area contributed by atoms with E-state index >= 15 is 0 Å². The molecule has 3 nitrogen and oxygen atoms in total. The second kappa shape index (κ2) is 4.20. The van der Waals surface area contributed by atoms with E-state index in [1.807, 2.05) is 10.8 Å². The molecule has 1 aliphatic rings. The zero-order valence-electron chi connectivity index (χ0n) is 9.32. The van der Waals surface area contributed by atoms with Gasteiger partial charge < -0.3 is 14.3 Å². The van der Waals surface area contributed by atoms with Crippen molar-refractivity contribution in [2.45, 2.75) is 12.5 Å². The number of nitrogens with zero attached hydrogens (tertiary/aromatic N) is 1. The first-order valence-electron chi connectivity index (χ1n) is 5.51. The molecule has 0 bridgehead atoms. The van der Waals surface area contributed by atoms with Crippen molar-refractivity contribution >= 4 is 12.2 Å². The summed E-state index contributed by atoms with van der Waals surface area (Å²) < 4.78 is 34.2. The van der Waals surface area contributed by atoms with Crippen LogP contribution in [0.4, 0.5) is 8.78 Å². The molecule has 0 aliphatic carbocycles. The van der Waals surface area contributed by atoms with Crippen LogP contribution in [0.5, 0.6) is 5.75 Å². The monoisotopic (exact) mass is 268 g/mol. The molecule has 1 aromatic heterocycles. The molecule has 0 fully saturated rings. The molecule has 0 spiro atoms. The molecule has 1 aliphatic heterocycles. The van der Waals surface area contributed by atoms with Gasteiger partial charge >= 0.3 is 0 Å². The Labute approximate surface area is 107 Å². The van der Waals surface area contributed by atoms with Gasteiger partial charge in [0.15, 0.2) is 16.4 Å². The summed E-state index contributed by atoms with van der Waals surface area (Å²) in [4.78, 5) is 2.90. The lowest BCUT2D eigenvalue weighted by atomic mass is 10.0. The SMILES string of the molecule is Fc1cc2c(cc1F)OCC(n1cc[nH]c1=S)C2. The number of hydrogen-bond donors (Lipinski definition) is 1. The van der Waals surface area contributed by atoms with Crippen LogP contribution in [0.2, 0.25) is 0 Å². The maximum absolute atomic E-state index is 13.2. The summed E-state index contributed by atoms with van der Waals surface area (Å²) in [5.74, 6) is -1.33. The van der Waals surface area contributed by atoms with Crippen LogP contribution in [0.25, 0.3) is 0 Å². The Balaban J connectivity index is 1.96. The van der Waals surface area contributed by atoms with Crippen LogP contribution in [0, 0.1) is 16.4 Å². The number of imidazole rings is 1. The third-order valence-corrected chi connectivity index (χ3v) is 3.39. The van der Waals surface area contributed by atoms with Gasteiger partial charge in [0.2, 0.25) is 0 Å². The van der Waals surface area contributed by atoms with Crippen LogP contribution >= 0.6 is 12.2 Å². The number of ether oxygens (including phenoxy) is 1. The molecule has 6 heteroatoms. The lowest BCUT2D eigenvalue weighted by Gasteiger charge is -2.26. The van der Waals surface area contributed by atoms with Crippen molar-refractivity contribution < 1.29 is 13.5 Å². The molecule has 3 rings (SSSR count). The highest BCUT2D eigenvalue weighted by molar-refractivity contribution is 7.71. The predicted molar refractivity (Wildman–Crippen MR) is 64.2 cm³/mol. The number of nitrogens with one attached hydrogen (secondary N) is 1. The first kappa shape index (κ1) is 11.4. The number of fused-ring (bicyclic) bond motifs is 1. The highest BCUT2D eigenvalue weighted by atomic mass is 32.1. The highest BCUT2D eigenvalue weighted by Crippen LogP contribution is 2.31. The minimum Gasteiger partial charge on any atom is -0.491 e. The summed E-state index contributed by atoms with van der Waals surface area (Å²) in [6.07, 6.45) is 4.13. The summed E-state index contributed by atoms with van der Waals surface area (Å²) in [5, 5.41) is 0. The summed E-state index contributed by atoms with van der Waals surface area (Å²) >= 11 is 5.13. The fraction of sp³-hybridized carbons (Fsp3) is 0.250. The van der Waals surface area contributed by atoms with Crippen molar-refractivity contribution in [3.8, 4) is 5.75 Å². The number of halogens is 2. The van der Waals surface area contributed by atoms with Crippen molar-refractivity contribution in [2.75, 3.05) is 6.61 Å². The molecule has 1 atom stereocenters. The quantitative estimate of drug-likeness (QED) is 0.806. The maximum atomic E-state index is 13.2. The topological polar surface area (TPSA) is 29.9 Å². The van der Waals surface area contributed by atoms with Crippen molar-refractivity contribution in [3.63, 3.8) is 0 Å². The van der Waals surface area contributed by atoms with Gasteiger partial charge in [-0.15, -0.1) is 0 Å². The van der Waals surface area contributed by atoms with Crippen LogP contribution in [0.1, 0.15) is 11.6 Å². The van der Waals surface area contributed by atoms with Gasteiger partial charge in [0.05, 0.1) is 6.04 Å². The van der Waals surface area contributed by atoms with Crippen LogP contribution in [0.3, 0.4) is 0 Å². The van der Waals surface area contributed by atoms with Crippen LogP contribution < -0.4 is 4.74 Å². The third-order valence-electron chi connectivity index (χ3n) is 3.06. The molecular weight excluding hydrogens is 258 g/mol. The van der Waals surface area contributed by atoms with E-state index in [-0.39, 0.29) is 6.04 Å². The molecule has 1 N–H and O–H groups in total. The molecular formula is C12H10F2N2OS. The lowest BCUT2D eigenvalue weighted by Crippen LogP contribution is -2.24. The summed E-state index contributed by atoms with van der Waals surface area (Å²) in [7, 11) is 0. The summed E-state index contributed by atoms with van der Waals surface area (Å²) in [6.45, 7) is 0.393. The minimum atomic E-state index is -0.884. The van der Waals surface area contributed by atoms with E-state index in [9.17, 15) is 8.78 Å². The van der Waals surface area contributed by atoms with E-state index in [0.717, 1.165) is 6.07 Å². The predicted octanol–water partition coefficient (Wildman–Crippen LogP) is 3.00. The molecule has 2 heterocycles. The highest BCUT2D eigenvalue weighted by Gasteiger charge is 2.23. The first-order valence-corrected chi connectivity index (χ1v) is 5.92. The molecule has 94 valence electrons. The van der Waals surface area contributed by atoms with Gasteiger partial charge in [-0.2, -0.15) is 0 Å². The number of rotatable bonds is 1. The first-order chi connectivity index (χ1) is 8.65. The average molecular weight is 268 g/mol. The fourth-order valence-electron chi connectivity index (χ4n) is 2.16. The number of benzene rings is 1. The Morgan fingerprint density at radius 3 is 2.83 bits per heavy atom. The average Bonchev–Trinajstić information content (AvgIpc) is 2.76. The maximum Gasteiger partial charge on any atom is 0.177 e. The standard InChI is InChI=1S/C12H10F2N2OS/c13-9-4-7-3-8(16-2-1-15-12(16)18)6-17-11(7)5-10(9)14/h1-2,4-5,8H,3,6H2,(H,15,18). The zero-order chi connectivity index (χ0) is 12.7. The lowest BCUT2D eigenvalue weighted by molar-refractivity contribution is 0.220. The minimum absolute atomic E-state index is 0.00103. The molecule has 0 radical (unpaired) electrons. The van der Waals surface area contributed by atoms with Crippen LogP contribution in [0.15, 0.2) is 24.5 Å². The Hall–Kier alpha value is -1.69. The normalized spacial score (nSPS) is 18.2. The third kappa shape index (κ3) is 1.82. The summed E-state index contributed by atoms with van der Waals surface area (Å²) in [5.41, 5.74) is 0.660. The van der Waals surface area contributed by atoms with Crippen molar-refractivity contribution in [3.05, 3.63) is 46.5 Å².